The number of nitrogens with zero attached hydrogens (tertiary/aromatic N) is 2. The Morgan fingerprint density at radius 3 is 2.54 bits per heavy atom. The van der Waals surface area contributed by atoms with Crippen molar-refractivity contribution in [1.29, 1.82) is 5.26 Å². The molecule has 5 heteroatoms. The number of nitriles is 1. The minimum atomic E-state index is -0.600. The zero-order chi connectivity index (χ0) is 16.9. The number of piperidine rings is 1. The quantitative estimate of drug-likeness (QED) is 0.801. The molecule has 0 aromatic heterocycles. The van der Waals surface area contributed by atoms with E-state index in [-0.39, 0.29) is 23.4 Å². The maximum absolute atomic E-state index is 13.3. The van der Waals surface area contributed by atoms with E-state index in [0.717, 1.165) is 32.1 Å². The van der Waals surface area contributed by atoms with Gasteiger partial charge in [-0.05, 0) is 74.0 Å². The molecule has 6 rings (SSSR count). The molecule has 4 bridgehead atoms. The number of hydrogen-bond donors (Lipinski definition) is 2. The standard InChI is InChI=1S/C19H27N3O2/c1-10-14-3-13(8-20)22(15(10)14)17(23)16(21)18-4-11-2-12(5-18)7-19(24,6-11)9-18/h10-16,24H,2-7,9,21H2,1H3/t10?,11?,12?,13-,14?,15?,16+,18?,19?/m0/s1. The van der Waals surface area contributed by atoms with Gasteiger partial charge in [0.25, 0.3) is 0 Å². The maximum Gasteiger partial charge on any atom is 0.241 e. The van der Waals surface area contributed by atoms with E-state index in [2.05, 4.69) is 13.0 Å². The van der Waals surface area contributed by atoms with Crippen molar-refractivity contribution in [2.75, 3.05) is 0 Å². The molecule has 1 aliphatic heterocycles. The summed E-state index contributed by atoms with van der Waals surface area (Å²) >= 11 is 0. The molecule has 6 fully saturated rings. The molecular weight excluding hydrogens is 302 g/mol. The van der Waals surface area contributed by atoms with Gasteiger partial charge in [-0.2, -0.15) is 5.26 Å². The molecule has 0 spiro atoms. The number of hydrogen-bond acceptors (Lipinski definition) is 4. The Morgan fingerprint density at radius 2 is 1.96 bits per heavy atom. The molecule has 7 atom stereocenters. The summed E-state index contributed by atoms with van der Waals surface area (Å²) in [6, 6.07) is 1.68. The third kappa shape index (κ3) is 1.84. The van der Waals surface area contributed by atoms with Crippen molar-refractivity contribution in [2.45, 2.75) is 75.6 Å². The van der Waals surface area contributed by atoms with Crippen LogP contribution in [0.15, 0.2) is 0 Å². The molecule has 1 heterocycles. The number of carbonyl (C=O) groups is 1. The summed E-state index contributed by atoms with van der Waals surface area (Å²) in [5, 5.41) is 20.4. The minimum absolute atomic E-state index is 0.0241. The molecule has 0 aromatic rings. The second kappa shape index (κ2) is 4.53. The number of aliphatic hydroxyl groups is 1. The third-order valence-electron chi connectivity index (χ3n) is 8.07. The third-order valence-corrected chi connectivity index (χ3v) is 8.07. The van der Waals surface area contributed by atoms with Gasteiger partial charge in [-0.15, -0.1) is 0 Å². The lowest BCUT2D eigenvalue weighted by Crippen LogP contribution is -2.65. The molecule has 5 nitrogen and oxygen atoms in total. The molecule has 5 unspecified atom stereocenters. The molecule has 5 saturated carbocycles. The fourth-order valence-electron chi connectivity index (χ4n) is 7.40. The maximum atomic E-state index is 13.3. The summed E-state index contributed by atoms with van der Waals surface area (Å²) in [6.45, 7) is 2.17. The number of rotatable bonds is 2. The Kier molecular flexibility index (Phi) is 2.86. The van der Waals surface area contributed by atoms with E-state index in [0.29, 0.717) is 30.1 Å². The van der Waals surface area contributed by atoms with Gasteiger partial charge in [-0.25, -0.2) is 0 Å². The highest BCUT2D eigenvalue weighted by Gasteiger charge is 2.64. The fourth-order valence-corrected chi connectivity index (χ4v) is 7.40. The van der Waals surface area contributed by atoms with Gasteiger partial charge in [0.2, 0.25) is 5.91 Å². The van der Waals surface area contributed by atoms with Crippen molar-refractivity contribution in [3.8, 4) is 6.07 Å². The van der Waals surface area contributed by atoms with Crippen molar-refractivity contribution < 1.29 is 9.90 Å². The summed E-state index contributed by atoms with van der Waals surface area (Å²) in [5.41, 5.74) is 5.74. The zero-order valence-corrected chi connectivity index (χ0v) is 14.3. The van der Waals surface area contributed by atoms with Crippen LogP contribution in [0.25, 0.3) is 0 Å². The molecule has 3 N–H and O–H groups in total. The highest BCUT2D eigenvalue weighted by molar-refractivity contribution is 5.84. The average molecular weight is 329 g/mol. The normalized spacial score (nSPS) is 55.2. The van der Waals surface area contributed by atoms with Crippen LogP contribution in [0.1, 0.15) is 51.9 Å². The SMILES string of the molecule is CC1C2C[C@@H](C#N)N(C(=O)[C@@H](N)C34CC5CC(CC(O)(C5)C3)C4)C12. The topological polar surface area (TPSA) is 90.4 Å². The monoisotopic (exact) mass is 329 g/mol. The van der Waals surface area contributed by atoms with Crippen molar-refractivity contribution in [3.05, 3.63) is 0 Å². The Hall–Kier alpha value is -1.12. The van der Waals surface area contributed by atoms with Crippen LogP contribution in [0.2, 0.25) is 0 Å². The molecule has 1 amide bonds. The van der Waals surface area contributed by atoms with Crippen LogP contribution < -0.4 is 5.73 Å². The fraction of sp³-hybridized carbons (Fsp3) is 0.895. The predicted molar refractivity (Wildman–Crippen MR) is 87.3 cm³/mol. The Bertz CT molecular complexity index is 627. The van der Waals surface area contributed by atoms with Crippen LogP contribution >= 0.6 is 0 Å². The molecule has 0 radical (unpaired) electrons. The van der Waals surface area contributed by atoms with Crippen molar-refractivity contribution in [1.82, 2.24) is 4.90 Å². The van der Waals surface area contributed by atoms with Gasteiger partial charge < -0.3 is 15.7 Å². The van der Waals surface area contributed by atoms with E-state index in [4.69, 9.17) is 5.73 Å². The van der Waals surface area contributed by atoms with Crippen LogP contribution in [0.5, 0.6) is 0 Å². The van der Waals surface area contributed by atoms with E-state index in [9.17, 15) is 15.2 Å². The van der Waals surface area contributed by atoms with Gasteiger partial charge in [0.1, 0.15) is 6.04 Å². The summed E-state index contributed by atoms with van der Waals surface area (Å²) in [4.78, 5) is 15.1. The van der Waals surface area contributed by atoms with Crippen molar-refractivity contribution >= 4 is 5.91 Å². The molecule has 6 aliphatic rings. The molecule has 0 aromatic carbocycles. The van der Waals surface area contributed by atoms with Crippen LogP contribution in [0, 0.1) is 40.4 Å². The molecule has 1 saturated heterocycles. The zero-order valence-electron chi connectivity index (χ0n) is 14.3. The Labute approximate surface area is 143 Å². The summed E-state index contributed by atoms with van der Waals surface area (Å²) in [5.74, 6) is 2.02. The number of carbonyl (C=O) groups excluding carboxylic acids is 1. The number of nitrogens with two attached hydrogens (primary N) is 1. The first-order chi connectivity index (χ1) is 11.4. The number of likely N-dealkylation sites (tertiary alicyclic amines) is 1. The van der Waals surface area contributed by atoms with Gasteiger partial charge >= 0.3 is 0 Å². The van der Waals surface area contributed by atoms with E-state index >= 15 is 0 Å². The first kappa shape index (κ1) is 15.2. The first-order valence-corrected chi connectivity index (χ1v) is 9.56. The molecular formula is C19H27N3O2. The highest BCUT2D eigenvalue weighted by atomic mass is 16.3. The highest BCUT2D eigenvalue weighted by Crippen LogP contribution is 2.63. The van der Waals surface area contributed by atoms with Crippen LogP contribution in [-0.4, -0.2) is 39.6 Å². The lowest BCUT2D eigenvalue weighted by Gasteiger charge is -2.61. The lowest BCUT2D eigenvalue weighted by molar-refractivity contribution is -0.177. The molecule has 24 heavy (non-hydrogen) atoms. The van der Waals surface area contributed by atoms with Gasteiger partial charge in [0, 0.05) is 6.04 Å². The summed E-state index contributed by atoms with van der Waals surface area (Å²) in [7, 11) is 0. The molecule has 130 valence electrons. The number of amides is 1. The summed E-state index contributed by atoms with van der Waals surface area (Å²) < 4.78 is 0. The average Bonchev–Trinajstić information content (AvgIpc) is 2.96. The predicted octanol–water partition coefficient (Wildman–Crippen LogP) is 1.40. The van der Waals surface area contributed by atoms with Crippen molar-refractivity contribution in [3.63, 3.8) is 0 Å². The summed E-state index contributed by atoms with van der Waals surface area (Å²) in [6.07, 6.45) is 6.41. The van der Waals surface area contributed by atoms with E-state index in [1.54, 1.807) is 0 Å². The van der Waals surface area contributed by atoms with Gasteiger partial charge in [-0.3, -0.25) is 4.79 Å². The van der Waals surface area contributed by atoms with E-state index in [1.165, 1.54) is 6.42 Å². The van der Waals surface area contributed by atoms with Gasteiger partial charge in [-0.1, -0.05) is 6.92 Å². The van der Waals surface area contributed by atoms with Crippen LogP contribution in [0.4, 0.5) is 0 Å². The van der Waals surface area contributed by atoms with Crippen molar-refractivity contribution in [2.24, 2.45) is 34.8 Å². The lowest BCUT2D eigenvalue weighted by atomic mass is 9.46. The number of fused-ring (bicyclic) bond motifs is 1. The smallest absolute Gasteiger partial charge is 0.241 e. The first-order valence-electron chi connectivity index (χ1n) is 9.56. The van der Waals surface area contributed by atoms with Crippen LogP contribution in [0.3, 0.4) is 0 Å². The van der Waals surface area contributed by atoms with Gasteiger partial charge in [0.15, 0.2) is 0 Å². The van der Waals surface area contributed by atoms with E-state index < -0.39 is 11.6 Å². The second-order valence-corrected chi connectivity index (χ2v) is 9.67. The van der Waals surface area contributed by atoms with E-state index in [1.807, 2.05) is 4.90 Å². The largest absolute Gasteiger partial charge is 0.390 e. The van der Waals surface area contributed by atoms with Gasteiger partial charge in [0.05, 0.1) is 17.7 Å². The minimum Gasteiger partial charge on any atom is -0.390 e. The molecule has 5 aliphatic carbocycles. The Morgan fingerprint density at radius 1 is 1.29 bits per heavy atom. The van der Waals surface area contributed by atoms with Crippen LogP contribution in [-0.2, 0) is 4.79 Å². The second-order valence-electron chi connectivity index (χ2n) is 9.67. The Balaban J connectivity index is 1.43.